The van der Waals surface area contributed by atoms with Crippen LogP contribution < -0.4 is 5.32 Å². The summed E-state index contributed by atoms with van der Waals surface area (Å²) < 4.78 is 0. The lowest BCUT2D eigenvalue weighted by Gasteiger charge is -2.28. The molecule has 2 aliphatic carbocycles. The molecular formula is C15H26N2S. The number of rotatable bonds is 3. The molecule has 1 N–H and O–H groups in total. The van der Waals surface area contributed by atoms with Crippen LogP contribution in [0.1, 0.15) is 46.5 Å². The summed E-state index contributed by atoms with van der Waals surface area (Å²) in [6, 6.07) is 1.15. The van der Waals surface area contributed by atoms with Crippen molar-refractivity contribution in [1.29, 1.82) is 0 Å². The van der Waals surface area contributed by atoms with Gasteiger partial charge in [0.05, 0.1) is 6.04 Å². The van der Waals surface area contributed by atoms with E-state index in [0.717, 1.165) is 17.8 Å². The first-order valence-corrected chi connectivity index (χ1v) is 8.59. The first kappa shape index (κ1) is 12.8. The summed E-state index contributed by atoms with van der Waals surface area (Å²) >= 11 is 1.92. The van der Waals surface area contributed by atoms with Crippen LogP contribution in [0.15, 0.2) is 4.99 Å². The fraction of sp³-hybridized carbons (Fsp3) is 0.933. The van der Waals surface area contributed by atoms with Gasteiger partial charge in [0.15, 0.2) is 5.17 Å². The van der Waals surface area contributed by atoms with Crippen LogP contribution in [0.5, 0.6) is 0 Å². The van der Waals surface area contributed by atoms with E-state index in [-0.39, 0.29) is 0 Å². The molecule has 0 amide bonds. The summed E-state index contributed by atoms with van der Waals surface area (Å²) in [6.45, 7) is 6.92. The third-order valence-electron chi connectivity index (χ3n) is 5.23. The molecule has 4 unspecified atom stereocenters. The largest absolute Gasteiger partial charge is 0.362 e. The van der Waals surface area contributed by atoms with Crippen LogP contribution in [-0.2, 0) is 0 Å². The quantitative estimate of drug-likeness (QED) is 0.845. The molecule has 1 aliphatic heterocycles. The molecule has 2 nitrogen and oxygen atoms in total. The fourth-order valence-electron chi connectivity index (χ4n) is 4.02. The normalized spacial score (nSPS) is 40.3. The van der Waals surface area contributed by atoms with Crippen molar-refractivity contribution in [1.82, 2.24) is 5.32 Å². The van der Waals surface area contributed by atoms with E-state index in [0.29, 0.717) is 18.0 Å². The number of thioether (sulfide) groups is 1. The molecule has 0 spiro atoms. The molecule has 3 aliphatic rings. The van der Waals surface area contributed by atoms with Crippen LogP contribution in [0.4, 0.5) is 0 Å². The van der Waals surface area contributed by atoms with E-state index in [1.807, 2.05) is 11.8 Å². The Hall–Kier alpha value is -0.180. The summed E-state index contributed by atoms with van der Waals surface area (Å²) in [5.41, 5.74) is 0. The van der Waals surface area contributed by atoms with Gasteiger partial charge in [-0.15, -0.1) is 0 Å². The molecule has 0 saturated heterocycles. The van der Waals surface area contributed by atoms with E-state index in [1.165, 1.54) is 36.6 Å². The highest BCUT2D eigenvalue weighted by atomic mass is 32.2. The van der Waals surface area contributed by atoms with Crippen LogP contribution >= 0.6 is 11.8 Å². The Balaban J connectivity index is 1.55. The van der Waals surface area contributed by atoms with Crippen LogP contribution in [0, 0.1) is 23.7 Å². The summed E-state index contributed by atoms with van der Waals surface area (Å²) in [5, 5.41) is 4.92. The van der Waals surface area contributed by atoms with Crippen molar-refractivity contribution in [3.8, 4) is 0 Å². The molecule has 0 radical (unpaired) electrons. The number of fused-ring (bicyclic) bond motifs is 2. The molecule has 0 aromatic heterocycles. The molecule has 0 aromatic rings. The highest BCUT2D eigenvalue weighted by Gasteiger charge is 2.42. The van der Waals surface area contributed by atoms with Crippen LogP contribution in [0.3, 0.4) is 0 Å². The maximum atomic E-state index is 4.83. The molecular weight excluding hydrogens is 240 g/mol. The van der Waals surface area contributed by atoms with Gasteiger partial charge in [0.2, 0.25) is 0 Å². The zero-order valence-electron chi connectivity index (χ0n) is 11.9. The van der Waals surface area contributed by atoms with E-state index in [2.05, 4.69) is 26.1 Å². The average molecular weight is 266 g/mol. The minimum Gasteiger partial charge on any atom is -0.362 e. The predicted molar refractivity (Wildman–Crippen MR) is 80.1 cm³/mol. The minimum atomic E-state index is 0.532. The van der Waals surface area contributed by atoms with E-state index < -0.39 is 0 Å². The van der Waals surface area contributed by atoms with Gasteiger partial charge in [0.25, 0.3) is 0 Å². The molecule has 3 heteroatoms. The van der Waals surface area contributed by atoms with Crippen molar-refractivity contribution in [3.63, 3.8) is 0 Å². The summed E-state index contributed by atoms with van der Waals surface area (Å²) in [5.74, 6) is 4.81. The Labute approximate surface area is 115 Å². The van der Waals surface area contributed by atoms with Gasteiger partial charge in [-0.3, -0.25) is 4.99 Å². The number of nitrogens with one attached hydrogen (secondary N) is 1. The molecule has 2 bridgehead atoms. The van der Waals surface area contributed by atoms with E-state index in [9.17, 15) is 0 Å². The van der Waals surface area contributed by atoms with Crippen molar-refractivity contribution in [2.24, 2.45) is 28.7 Å². The first-order chi connectivity index (χ1) is 8.63. The molecule has 3 rings (SSSR count). The Morgan fingerprint density at radius 3 is 2.61 bits per heavy atom. The van der Waals surface area contributed by atoms with Gasteiger partial charge < -0.3 is 5.32 Å². The fourth-order valence-corrected chi connectivity index (χ4v) is 5.29. The smallest absolute Gasteiger partial charge is 0.157 e. The molecule has 1 heterocycles. The van der Waals surface area contributed by atoms with Gasteiger partial charge in [-0.05, 0) is 49.9 Å². The van der Waals surface area contributed by atoms with Crippen molar-refractivity contribution in [2.45, 2.75) is 58.5 Å². The lowest BCUT2D eigenvalue weighted by Crippen LogP contribution is -2.38. The maximum absolute atomic E-state index is 4.83. The van der Waals surface area contributed by atoms with Gasteiger partial charge in [0, 0.05) is 11.8 Å². The Morgan fingerprint density at radius 2 is 2.06 bits per heavy atom. The van der Waals surface area contributed by atoms with Crippen molar-refractivity contribution >= 4 is 16.9 Å². The zero-order chi connectivity index (χ0) is 12.7. The highest BCUT2D eigenvalue weighted by molar-refractivity contribution is 8.14. The van der Waals surface area contributed by atoms with Crippen LogP contribution in [0.2, 0.25) is 0 Å². The number of hydrogen-bond acceptors (Lipinski definition) is 3. The summed E-state index contributed by atoms with van der Waals surface area (Å²) in [6.07, 6.45) is 5.95. The van der Waals surface area contributed by atoms with Gasteiger partial charge >= 0.3 is 0 Å². The third-order valence-corrected chi connectivity index (χ3v) is 6.23. The standard InChI is InChI=1S/C15H26N2S/c1-9(2)14-8-18-15(17-14)16-10(3)13-7-11-4-5-12(13)6-11/h9-14H,4-8H2,1-3H3,(H,16,17)/t10?,11?,12?,13?,14-/m1/s1. The van der Waals surface area contributed by atoms with E-state index in [1.54, 1.807) is 0 Å². The van der Waals surface area contributed by atoms with E-state index in [4.69, 9.17) is 4.99 Å². The van der Waals surface area contributed by atoms with Gasteiger partial charge in [-0.2, -0.15) is 0 Å². The Kier molecular flexibility index (Phi) is 3.61. The van der Waals surface area contributed by atoms with Gasteiger partial charge in [0.1, 0.15) is 0 Å². The number of nitrogens with zero attached hydrogens (tertiary/aromatic N) is 1. The average Bonchev–Trinajstić information content (AvgIpc) is 3.03. The SMILES string of the molecule is CC(NC1=N[C@@H](C(C)C)CS1)C1CC2CCC1C2. The van der Waals surface area contributed by atoms with Crippen molar-refractivity contribution < 1.29 is 0 Å². The lowest BCUT2D eigenvalue weighted by atomic mass is 9.84. The number of hydrogen-bond donors (Lipinski definition) is 1. The molecule has 2 fully saturated rings. The molecule has 102 valence electrons. The zero-order valence-corrected chi connectivity index (χ0v) is 12.7. The second kappa shape index (κ2) is 5.07. The Morgan fingerprint density at radius 1 is 1.22 bits per heavy atom. The van der Waals surface area contributed by atoms with Gasteiger partial charge in [-0.25, -0.2) is 0 Å². The molecule has 18 heavy (non-hydrogen) atoms. The topological polar surface area (TPSA) is 24.4 Å². The molecule has 2 saturated carbocycles. The number of amidine groups is 1. The molecule has 5 atom stereocenters. The summed E-state index contributed by atoms with van der Waals surface area (Å²) in [4.78, 5) is 4.83. The monoisotopic (exact) mass is 266 g/mol. The predicted octanol–water partition coefficient (Wildman–Crippen LogP) is 3.53. The van der Waals surface area contributed by atoms with Crippen LogP contribution in [-0.4, -0.2) is 23.0 Å². The lowest BCUT2D eigenvalue weighted by molar-refractivity contribution is 0.279. The van der Waals surface area contributed by atoms with Gasteiger partial charge in [-0.1, -0.05) is 32.0 Å². The highest BCUT2D eigenvalue weighted by Crippen LogP contribution is 2.49. The molecule has 0 aromatic carbocycles. The summed E-state index contributed by atoms with van der Waals surface area (Å²) in [7, 11) is 0. The van der Waals surface area contributed by atoms with Crippen molar-refractivity contribution in [3.05, 3.63) is 0 Å². The first-order valence-electron chi connectivity index (χ1n) is 7.60. The number of aliphatic imine (C=N–C) groups is 1. The Bertz CT molecular complexity index is 339. The third kappa shape index (κ3) is 2.43. The second-order valence-corrected chi connectivity index (χ2v) is 7.84. The minimum absolute atomic E-state index is 0.532. The van der Waals surface area contributed by atoms with Crippen LogP contribution in [0.25, 0.3) is 0 Å². The maximum Gasteiger partial charge on any atom is 0.157 e. The second-order valence-electron chi connectivity index (χ2n) is 6.83. The van der Waals surface area contributed by atoms with Crippen molar-refractivity contribution in [2.75, 3.05) is 5.75 Å². The van der Waals surface area contributed by atoms with E-state index >= 15 is 0 Å².